The summed E-state index contributed by atoms with van der Waals surface area (Å²) in [6.45, 7) is 1.62. The number of methoxy groups -OCH3 is 1. The van der Waals surface area contributed by atoms with Crippen molar-refractivity contribution in [3.8, 4) is 6.01 Å². The van der Waals surface area contributed by atoms with Crippen LogP contribution in [0.4, 0.5) is 5.95 Å². The number of nitrogens with two attached hydrogens (primary N) is 1. The molecule has 11 heteroatoms. The van der Waals surface area contributed by atoms with Gasteiger partial charge in [-0.3, -0.25) is 10.1 Å². The standard InChI is InChI=1S/C12H12IN5O4S/c1-6-15-11(18-12(16-6)22-2)17-10(19)7-4-3-5-8(9(7)13)23(14,20)21/h3-5H,1-2H3,(H2,14,20,21)(H,15,16,17,18,19). The van der Waals surface area contributed by atoms with Crippen LogP contribution in [0.1, 0.15) is 16.2 Å². The molecule has 0 fully saturated rings. The number of nitrogens with one attached hydrogen (secondary N) is 1. The number of ether oxygens (including phenoxy) is 1. The average Bonchev–Trinajstić information content (AvgIpc) is 2.45. The summed E-state index contributed by atoms with van der Waals surface area (Å²) in [5.74, 6) is -0.219. The van der Waals surface area contributed by atoms with Gasteiger partial charge in [0, 0.05) is 3.57 Å². The molecule has 2 rings (SSSR count). The lowest BCUT2D eigenvalue weighted by Gasteiger charge is -2.09. The second-order valence-corrected chi connectivity index (χ2v) is 6.92. The van der Waals surface area contributed by atoms with Gasteiger partial charge in [-0.25, -0.2) is 13.6 Å². The zero-order chi connectivity index (χ0) is 17.2. The second kappa shape index (κ2) is 6.72. The Morgan fingerprint density at radius 2 is 2.00 bits per heavy atom. The van der Waals surface area contributed by atoms with Crippen molar-refractivity contribution in [3.63, 3.8) is 0 Å². The van der Waals surface area contributed by atoms with Crippen LogP contribution in [0.5, 0.6) is 6.01 Å². The molecular formula is C12H12IN5O4S. The van der Waals surface area contributed by atoms with Crippen LogP contribution >= 0.6 is 22.6 Å². The number of anilines is 1. The predicted molar refractivity (Wildman–Crippen MR) is 89.6 cm³/mol. The first-order valence-electron chi connectivity index (χ1n) is 6.11. The van der Waals surface area contributed by atoms with Gasteiger partial charge in [0.05, 0.1) is 17.6 Å². The molecule has 0 aliphatic heterocycles. The van der Waals surface area contributed by atoms with E-state index in [-0.39, 0.29) is 26.0 Å². The number of aryl methyl sites for hydroxylation is 1. The van der Waals surface area contributed by atoms with Crippen LogP contribution in [0.3, 0.4) is 0 Å². The third-order valence-electron chi connectivity index (χ3n) is 2.65. The Balaban J connectivity index is 2.37. The molecule has 0 aliphatic rings. The predicted octanol–water partition coefficient (Wildman–Crippen LogP) is 0.693. The molecule has 122 valence electrons. The molecule has 0 aliphatic carbocycles. The van der Waals surface area contributed by atoms with Crippen LogP contribution in [0.15, 0.2) is 23.1 Å². The van der Waals surface area contributed by atoms with Gasteiger partial charge < -0.3 is 4.74 Å². The summed E-state index contributed by atoms with van der Waals surface area (Å²) in [7, 11) is -2.54. The van der Waals surface area contributed by atoms with Crippen molar-refractivity contribution in [2.75, 3.05) is 12.4 Å². The Kier molecular flexibility index (Phi) is 5.11. The van der Waals surface area contributed by atoms with Gasteiger partial charge in [0.2, 0.25) is 16.0 Å². The van der Waals surface area contributed by atoms with E-state index in [4.69, 9.17) is 9.88 Å². The fourth-order valence-electron chi connectivity index (χ4n) is 1.68. The highest BCUT2D eigenvalue weighted by Crippen LogP contribution is 2.21. The highest BCUT2D eigenvalue weighted by atomic mass is 127. The van der Waals surface area contributed by atoms with E-state index in [1.54, 1.807) is 29.5 Å². The van der Waals surface area contributed by atoms with Crippen molar-refractivity contribution in [3.05, 3.63) is 33.2 Å². The molecule has 0 radical (unpaired) electrons. The first-order valence-corrected chi connectivity index (χ1v) is 8.74. The van der Waals surface area contributed by atoms with Crippen LogP contribution in [0, 0.1) is 10.5 Å². The van der Waals surface area contributed by atoms with Gasteiger partial charge in [0.1, 0.15) is 5.82 Å². The molecule has 0 unspecified atom stereocenters. The number of benzene rings is 1. The van der Waals surface area contributed by atoms with Crippen molar-refractivity contribution in [1.82, 2.24) is 15.0 Å². The molecule has 1 aromatic carbocycles. The van der Waals surface area contributed by atoms with Gasteiger partial charge >= 0.3 is 6.01 Å². The fourth-order valence-corrected chi connectivity index (χ4v) is 3.83. The Morgan fingerprint density at radius 1 is 1.30 bits per heavy atom. The molecule has 1 heterocycles. The molecule has 1 aromatic heterocycles. The molecule has 0 atom stereocenters. The lowest BCUT2D eigenvalue weighted by Crippen LogP contribution is -2.19. The minimum Gasteiger partial charge on any atom is -0.467 e. The van der Waals surface area contributed by atoms with Crippen LogP contribution in [-0.2, 0) is 10.0 Å². The summed E-state index contributed by atoms with van der Waals surface area (Å²) in [5, 5.41) is 7.59. The second-order valence-electron chi connectivity index (χ2n) is 4.31. The molecule has 0 saturated heterocycles. The Bertz CT molecular complexity index is 872. The number of carbonyl (C=O) groups is 1. The quantitative estimate of drug-likeness (QED) is 0.656. The monoisotopic (exact) mass is 449 g/mol. The zero-order valence-corrected chi connectivity index (χ0v) is 15.0. The van der Waals surface area contributed by atoms with E-state index in [0.29, 0.717) is 5.82 Å². The summed E-state index contributed by atoms with van der Waals surface area (Å²) in [5.41, 5.74) is 0.133. The number of carbonyl (C=O) groups excluding carboxylic acids is 1. The molecule has 1 amide bonds. The summed E-state index contributed by atoms with van der Waals surface area (Å²) in [6, 6.07) is 4.28. The number of hydrogen-bond acceptors (Lipinski definition) is 7. The van der Waals surface area contributed by atoms with Crippen LogP contribution in [0.25, 0.3) is 0 Å². The largest absolute Gasteiger partial charge is 0.467 e. The van der Waals surface area contributed by atoms with Crippen LogP contribution in [0.2, 0.25) is 0 Å². The van der Waals surface area contributed by atoms with E-state index in [0.717, 1.165) is 0 Å². The number of rotatable bonds is 4. The topological polar surface area (TPSA) is 137 Å². The SMILES string of the molecule is COc1nc(C)nc(NC(=O)c2cccc(S(N)(=O)=O)c2I)n1. The minimum absolute atomic E-state index is 0.00356. The highest BCUT2D eigenvalue weighted by molar-refractivity contribution is 14.1. The smallest absolute Gasteiger partial charge is 0.321 e. The lowest BCUT2D eigenvalue weighted by molar-refractivity contribution is 0.102. The number of halogens is 1. The van der Waals surface area contributed by atoms with Crippen molar-refractivity contribution in [1.29, 1.82) is 0 Å². The Morgan fingerprint density at radius 3 is 2.61 bits per heavy atom. The van der Waals surface area contributed by atoms with Crippen molar-refractivity contribution < 1.29 is 17.9 Å². The summed E-state index contributed by atoms with van der Waals surface area (Å²) >= 11 is 1.75. The van der Waals surface area contributed by atoms with Crippen LogP contribution < -0.4 is 15.2 Å². The maximum absolute atomic E-state index is 12.3. The summed E-state index contributed by atoms with van der Waals surface area (Å²) < 4.78 is 28.1. The van der Waals surface area contributed by atoms with E-state index in [9.17, 15) is 13.2 Å². The fraction of sp³-hybridized carbons (Fsp3) is 0.167. The maximum atomic E-state index is 12.3. The molecule has 0 bridgehead atoms. The van der Waals surface area contributed by atoms with Crippen molar-refractivity contribution in [2.45, 2.75) is 11.8 Å². The molecule has 2 aromatic rings. The number of sulfonamides is 1. The van der Waals surface area contributed by atoms with Gasteiger partial charge in [0.15, 0.2) is 0 Å². The lowest BCUT2D eigenvalue weighted by atomic mass is 10.2. The highest BCUT2D eigenvalue weighted by Gasteiger charge is 2.20. The van der Waals surface area contributed by atoms with Gasteiger partial charge in [-0.1, -0.05) is 6.07 Å². The molecule has 23 heavy (non-hydrogen) atoms. The third-order valence-corrected chi connectivity index (χ3v) is 5.13. The molecule has 3 N–H and O–H groups in total. The molecule has 0 spiro atoms. The van der Waals surface area contributed by atoms with E-state index in [2.05, 4.69) is 20.3 Å². The maximum Gasteiger partial charge on any atom is 0.321 e. The minimum atomic E-state index is -3.93. The van der Waals surface area contributed by atoms with Crippen molar-refractivity contribution >= 4 is 44.5 Å². The number of primary sulfonamides is 1. The Labute approximate surface area is 145 Å². The average molecular weight is 449 g/mol. The number of hydrogen-bond donors (Lipinski definition) is 2. The summed E-state index contributed by atoms with van der Waals surface area (Å²) in [6.07, 6.45) is 0. The first kappa shape index (κ1) is 17.5. The van der Waals surface area contributed by atoms with Gasteiger partial charge in [-0.05, 0) is 41.6 Å². The van der Waals surface area contributed by atoms with Gasteiger partial charge in [0.25, 0.3) is 5.91 Å². The van der Waals surface area contributed by atoms with E-state index < -0.39 is 15.9 Å². The molecular weight excluding hydrogens is 437 g/mol. The summed E-state index contributed by atoms with van der Waals surface area (Å²) in [4.78, 5) is 24.0. The number of amides is 1. The van der Waals surface area contributed by atoms with E-state index in [1.807, 2.05) is 0 Å². The van der Waals surface area contributed by atoms with E-state index >= 15 is 0 Å². The number of aromatic nitrogens is 3. The first-order chi connectivity index (χ1) is 10.7. The molecule has 0 saturated carbocycles. The molecule has 9 nitrogen and oxygen atoms in total. The van der Waals surface area contributed by atoms with Gasteiger partial charge in [-0.2, -0.15) is 15.0 Å². The zero-order valence-electron chi connectivity index (χ0n) is 12.1. The normalized spacial score (nSPS) is 11.1. The van der Waals surface area contributed by atoms with E-state index in [1.165, 1.54) is 25.3 Å². The Hall–Kier alpha value is -1.86. The van der Waals surface area contributed by atoms with Gasteiger partial charge in [-0.15, -0.1) is 0 Å². The number of nitrogens with zero attached hydrogens (tertiary/aromatic N) is 3. The van der Waals surface area contributed by atoms with Crippen LogP contribution in [-0.4, -0.2) is 36.4 Å². The third kappa shape index (κ3) is 4.11. The van der Waals surface area contributed by atoms with Crippen molar-refractivity contribution in [2.24, 2.45) is 5.14 Å².